The third kappa shape index (κ3) is 6.27. The van der Waals surface area contributed by atoms with E-state index in [1.165, 1.54) is 4.90 Å². The highest BCUT2D eigenvalue weighted by Gasteiger charge is 2.35. The number of nitrogens with zero attached hydrogens (tertiary/aromatic N) is 1. The predicted molar refractivity (Wildman–Crippen MR) is 160 cm³/mol. The van der Waals surface area contributed by atoms with Crippen molar-refractivity contribution in [3.63, 3.8) is 0 Å². The fourth-order valence-electron chi connectivity index (χ4n) is 4.38. The molecule has 2 amide bonds. The maximum absolute atomic E-state index is 13.0. The Balaban J connectivity index is 1.30. The van der Waals surface area contributed by atoms with E-state index in [0.717, 1.165) is 33.7 Å². The quantitative estimate of drug-likeness (QED) is 0.180. The number of amides is 2. The van der Waals surface area contributed by atoms with Crippen molar-refractivity contribution in [3.8, 4) is 17.2 Å². The monoisotopic (exact) mass is 573 g/mol. The number of fused-ring (bicyclic) bond motifs is 1. The molecule has 0 N–H and O–H groups in total. The number of halogens is 1. The number of carbonyl (C=O) groups is 2. The standard InChI is InChI=1S/C32H28ClNO5S/c1-3-37-28-18-22(17-27(33)30(28)39-20-24-9-6-8-23-7-4-5-10-26(23)24)19-29-31(35)34(32(36)40-29)15-16-38-25-13-11-21(2)12-14-25/h4-14,17-19H,3,15-16,20H2,1-2H3/b29-19-. The zero-order valence-corrected chi connectivity index (χ0v) is 23.8. The Bertz CT molecular complexity index is 1580. The minimum atomic E-state index is -0.368. The first-order valence-corrected chi connectivity index (χ1v) is 14.1. The molecule has 0 unspecified atom stereocenters. The molecule has 1 fully saturated rings. The van der Waals surface area contributed by atoms with Crippen LogP contribution in [0, 0.1) is 6.92 Å². The summed E-state index contributed by atoms with van der Waals surface area (Å²) < 4.78 is 17.7. The number of carbonyl (C=O) groups excluding carboxylic acids is 2. The van der Waals surface area contributed by atoms with Crippen molar-refractivity contribution in [2.75, 3.05) is 19.8 Å². The fourth-order valence-corrected chi connectivity index (χ4v) is 5.51. The van der Waals surface area contributed by atoms with E-state index < -0.39 is 0 Å². The molecule has 0 saturated carbocycles. The highest BCUT2D eigenvalue weighted by atomic mass is 35.5. The van der Waals surface area contributed by atoms with Crippen molar-refractivity contribution in [3.05, 3.63) is 105 Å². The van der Waals surface area contributed by atoms with Crippen molar-refractivity contribution >= 4 is 51.4 Å². The van der Waals surface area contributed by atoms with Crippen molar-refractivity contribution in [1.29, 1.82) is 0 Å². The lowest BCUT2D eigenvalue weighted by Crippen LogP contribution is -2.32. The molecule has 1 heterocycles. The number of imide groups is 1. The van der Waals surface area contributed by atoms with Crippen LogP contribution >= 0.6 is 23.4 Å². The van der Waals surface area contributed by atoms with E-state index in [2.05, 4.69) is 18.2 Å². The van der Waals surface area contributed by atoms with E-state index in [4.69, 9.17) is 25.8 Å². The molecule has 0 spiro atoms. The summed E-state index contributed by atoms with van der Waals surface area (Å²) in [6.07, 6.45) is 1.65. The first-order valence-electron chi connectivity index (χ1n) is 12.9. The van der Waals surface area contributed by atoms with Crippen molar-refractivity contribution in [1.82, 2.24) is 4.90 Å². The molecule has 5 rings (SSSR count). The maximum Gasteiger partial charge on any atom is 0.293 e. The molecule has 1 saturated heterocycles. The van der Waals surface area contributed by atoms with E-state index in [-0.39, 0.29) is 24.3 Å². The van der Waals surface area contributed by atoms with Crippen LogP contribution in [0.15, 0.2) is 83.8 Å². The third-order valence-corrected chi connectivity index (χ3v) is 7.55. The minimum Gasteiger partial charge on any atom is -0.492 e. The molecule has 0 bridgehead atoms. The smallest absolute Gasteiger partial charge is 0.293 e. The summed E-state index contributed by atoms with van der Waals surface area (Å²) in [4.78, 5) is 27.1. The van der Waals surface area contributed by atoms with E-state index in [9.17, 15) is 9.59 Å². The van der Waals surface area contributed by atoms with Gasteiger partial charge in [0.25, 0.3) is 11.1 Å². The van der Waals surface area contributed by atoms with Gasteiger partial charge in [0.2, 0.25) is 0 Å². The van der Waals surface area contributed by atoms with Gasteiger partial charge in [-0.25, -0.2) is 0 Å². The summed E-state index contributed by atoms with van der Waals surface area (Å²) in [5.74, 6) is 1.21. The molecule has 0 aliphatic carbocycles. The van der Waals surface area contributed by atoms with Gasteiger partial charge in [-0.2, -0.15) is 0 Å². The average molecular weight is 574 g/mol. The Kier molecular flexibility index (Phi) is 8.63. The maximum atomic E-state index is 13.0. The summed E-state index contributed by atoms with van der Waals surface area (Å²) in [6.45, 7) is 4.94. The van der Waals surface area contributed by atoms with Crippen LogP contribution < -0.4 is 14.2 Å². The van der Waals surface area contributed by atoms with Gasteiger partial charge >= 0.3 is 0 Å². The number of rotatable bonds is 10. The Labute approximate surface area is 242 Å². The second-order valence-electron chi connectivity index (χ2n) is 9.18. The summed E-state index contributed by atoms with van der Waals surface area (Å²) in [5, 5.41) is 2.25. The lowest BCUT2D eigenvalue weighted by atomic mass is 10.1. The Morgan fingerprint density at radius 1 is 0.925 bits per heavy atom. The largest absolute Gasteiger partial charge is 0.492 e. The third-order valence-electron chi connectivity index (χ3n) is 6.36. The van der Waals surface area contributed by atoms with E-state index in [1.807, 2.05) is 62.4 Å². The Morgan fingerprint density at radius 2 is 1.70 bits per heavy atom. The van der Waals surface area contributed by atoms with Gasteiger partial charge in [0.1, 0.15) is 19.0 Å². The molecular formula is C32H28ClNO5S. The molecule has 8 heteroatoms. The highest BCUT2D eigenvalue weighted by molar-refractivity contribution is 8.18. The number of hydrogen-bond donors (Lipinski definition) is 0. The Morgan fingerprint density at radius 3 is 2.50 bits per heavy atom. The van der Waals surface area contributed by atoms with E-state index >= 15 is 0 Å². The van der Waals surface area contributed by atoms with E-state index in [1.54, 1.807) is 18.2 Å². The van der Waals surface area contributed by atoms with Crippen LogP contribution in [0.3, 0.4) is 0 Å². The second kappa shape index (κ2) is 12.5. The second-order valence-corrected chi connectivity index (χ2v) is 10.6. The molecule has 4 aromatic carbocycles. The van der Waals surface area contributed by atoms with Gasteiger partial charge in [0.05, 0.1) is 23.1 Å². The van der Waals surface area contributed by atoms with Gasteiger partial charge < -0.3 is 14.2 Å². The minimum absolute atomic E-state index is 0.155. The normalized spacial score (nSPS) is 14.3. The Hall–Kier alpha value is -3.94. The lowest BCUT2D eigenvalue weighted by Gasteiger charge is -2.15. The molecule has 0 radical (unpaired) electrons. The molecule has 1 aliphatic rings. The number of benzene rings is 4. The molecule has 6 nitrogen and oxygen atoms in total. The average Bonchev–Trinajstić information content (AvgIpc) is 3.21. The number of thioether (sulfide) groups is 1. The fraction of sp³-hybridized carbons (Fsp3) is 0.188. The zero-order chi connectivity index (χ0) is 28.1. The van der Waals surface area contributed by atoms with Crippen LogP contribution in [0.25, 0.3) is 16.8 Å². The topological polar surface area (TPSA) is 65.1 Å². The van der Waals surface area contributed by atoms with Crippen molar-refractivity contribution < 1.29 is 23.8 Å². The van der Waals surface area contributed by atoms with Crippen LogP contribution in [-0.2, 0) is 11.4 Å². The number of hydrogen-bond acceptors (Lipinski definition) is 6. The lowest BCUT2D eigenvalue weighted by molar-refractivity contribution is -0.123. The van der Waals surface area contributed by atoms with Crippen LogP contribution in [-0.4, -0.2) is 35.8 Å². The molecule has 4 aromatic rings. The van der Waals surface area contributed by atoms with Gasteiger partial charge in [-0.1, -0.05) is 71.8 Å². The summed E-state index contributed by atoms with van der Waals surface area (Å²) in [6, 6.07) is 25.3. The zero-order valence-electron chi connectivity index (χ0n) is 22.2. The van der Waals surface area contributed by atoms with Gasteiger partial charge in [-0.15, -0.1) is 0 Å². The highest BCUT2D eigenvalue weighted by Crippen LogP contribution is 2.40. The number of aryl methyl sites for hydroxylation is 1. The molecular weight excluding hydrogens is 546 g/mol. The van der Waals surface area contributed by atoms with Gasteiger partial charge in [0, 0.05) is 0 Å². The van der Waals surface area contributed by atoms with Gasteiger partial charge in [0.15, 0.2) is 11.5 Å². The van der Waals surface area contributed by atoms with Crippen molar-refractivity contribution in [2.45, 2.75) is 20.5 Å². The molecule has 40 heavy (non-hydrogen) atoms. The number of ether oxygens (including phenoxy) is 3. The van der Waals surface area contributed by atoms with Crippen molar-refractivity contribution in [2.24, 2.45) is 0 Å². The predicted octanol–water partition coefficient (Wildman–Crippen LogP) is 7.89. The summed E-state index contributed by atoms with van der Waals surface area (Å²) in [5.41, 5.74) is 2.79. The SMILES string of the molecule is CCOc1cc(/C=C2\SC(=O)N(CCOc3ccc(C)cc3)C2=O)cc(Cl)c1OCc1cccc2ccccc12. The summed E-state index contributed by atoms with van der Waals surface area (Å²) in [7, 11) is 0. The molecule has 0 aromatic heterocycles. The first-order chi connectivity index (χ1) is 19.4. The van der Waals surface area contributed by atoms with Crippen LogP contribution in [0.1, 0.15) is 23.6 Å². The van der Waals surface area contributed by atoms with Crippen LogP contribution in [0.5, 0.6) is 17.2 Å². The molecule has 204 valence electrons. The summed E-state index contributed by atoms with van der Waals surface area (Å²) >= 11 is 7.54. The first kappa shape index (κ1) is 27.6. The van der Waals surface area contributed by atoms with Gasteiger partial charge in [-0.05, 0) is 77.9 Å². The van der Waals surface area contributed by atoms with E-state index in [0.29, 0.717) is 46.0 Å². The molecule has 1 aliphatic heterocycles. The van der Waals surface area contributed by atoms with Gasteiger partial charge in [-0.3, -0.25) is 14.5 Å². The van der Waals surface area contributed by atoms with Crippen LogP contribution in [0.4, 0.5) is 4.79 Å². The van der Waals surface area contributed by atoms with Crippen LogP contribution in [0.2, 0.25) is 5.02 Å². The molecule has 0 atom stereocenters.